The zero-order valence-electron chi connectivity index (χ0n) is 10.6. The molecule has 0 amide bonds. The van der Waals surface area contributed by atoms with Crippen LogP contribution in [-0.2, 0) is 4.74 Å². The predicted octanol–water partition coefficient (Wildman–Crippen LogP) is 2.10. The fraction of sp³-hybridized carbons (Fsp3) is 0.667. The van der Waals surface area contributed by atoms with Crippen LogP contribution in [0, 0.1) is 0 Å². The summed E-state index contributed by atoms with van der Waals surface area (Å²) in [6.45, 7) is 6.88. The molecule has 0 unspecified atom stereocenters. The fourth-order valence-corrected chi connectivity index (χ4v) is 1.24. The van der Waals surface area contributed by atoms with Gasteiger partial charge in [0.1, 0.15) is 0 Å². The van der Waals surface area contributed by atoms with Crippen molar-refractivity contribution in [1.29, 1.82) is 0 Å². The maximum absolute atomic E-state index is 5.42. The van der Waals surface area contributed by atoms with E-state index in [2.05, 4.69) is 22.2 Å². The molecule has 1 N–H and O–H groups in total. The first-order chi connectivity index (χ1) is 8.36. The molecule has 0 aromatic carbocycles. The van der Waals surface area contributed by atoms with Crippen molar-refractivity contribution < 1.29 is 9.47 Å². The van der Waals surface area contributed by atoms with E-state index >= 15 is 0 Å². The van der Waals surface area contributed by atoms with E-state index in [1.54, 1.807) is 12.3 Å². The fourth-order valence-electron chi connectivity index (χ4n) is 1.24. The number of hydrogen-bond acceptors (Lipinski definition) is 5. The molecule has 0 aliphatic heterocycles. The summed E-state index contributed by atoms with van der Waals surface area (Å²) in [5.74, 6) is 1.17. The highest BCUT2D eigenvalue weighted by atomic mass is 16.5. The van der Waals surface area contributed by atoms with Crippen molar-refractivity contribution in [3.63, 3.8) is 0 Å². The summed E-state index contributed by atoms with van der Waals surface area (Å²) in [7, 11) is 0. The van der Waals surface area contributed by atoms with E-state index in [0.29, 0.717) is 31.6 Å². The quantitative estimate of drug-likeness (QED) is 0.669. The average molecular weight is 239 g/mol. The highest BCUT2D eigenvalue weighted by Crippen LogP contribution is 2.07. The minimum Gasteiger partial charge on any atom is -0.478 e. The standard InChI is InChI=1S/C12H21N3O2/c1-3-5-9-16-10-8-14-12-13-7-6-11(15-12)17-4-2/h6-7H,3-5,8-10H2,1-2H3,(H,13,14,15). The molecule has 0 aliphatic carbocycles. The molecule has 0 saturated heterocycles. The summed E-state index contributed by atoms with van der Waals surface area (Å²) in [6.07, 6.45) is 3.95. The van der Waals surface area contributed by atoms with Crippen LogP contribution in [0.4, 0.5) is 5.95 Å². The summed E-state index contributed by atoms with van der Waals surface area (Å²) in [6, 6.07) is 1.74. The number of unbranched alkanes of at least 4 members (excludes halogenated alkanes) is 1. The van der Waals surface area contributed by atoms with Gasteiger partial charge in [0, 0.05) is 25.4 Å². The number of anilines is 1. The van der Waals surface area contributed by atoms with Gasteiger partial charge in [-0.15, -0.1) is 0 Å². The van der Waals surface area contributed by atoms with Gasteiger partial charge in [-0.3, -0.25) is 0 Å². The van der Waals surface area contributed by atoms with E-state index in [9.17, 15) is 0 Å². The lowest BCUT2D eigenvalue weighted by Gasteiger charge is -2.07. The first-order valence-corrected chi connectivity index (χ1v) is 6.14. The Morgan fingerprint density at radius 2 is 2.18 bits per heavy atom. The molecule has 0 atom stereocenters. The minimum absolute atomic E-state index is 0.579. The molecular formula is C12H21N3O2. The molecule has 0 saturated carbocycles. The SMILES string of the molecule is CCCCOCCNc1nccc(OCC)n1. The summed E-state index contributed by atoms with van der Waals surface area (Å²) >= 11 is 0. The van der Waals surface area contributed by atoms with Crippen LogP contribution in [-0.4, -0.2) is 36.3 Å². The predicted molar refractivity (Wildman–Crippen MR) is 67.4 cm³/mol. The summed E-state index contributed by atoms with van der Waals surface area (Å²) in [5.41, 5.74) is 0. The van der Waals surface area contributed by atoms with Crippen LogP contribution in [0.5, 0.6) is 5.88 Å². The minimum atomic E-state index is 0.579. The number of nitrogens with one attached hydrogen (secondary N) is 1. The van der Waals surface area contributed by atoms with Gasteiger partial charge in [-0.25, -0.2) is 4.98 Å². The van der Waals surface area contributed by atoms with Gasteiger partial charge >= 0.3 is 0 Å². The normalized spacial score (nSPS) is 10.2. The Bertz CT molecular complexity index is 308. The van der Waals surface area contributed by atoms with E-state index in [0.717, 1.165) is 19.4 Å². The molecule has 0 aliphatic rings. The number of hydrogen-bond donors (Lipinski definition) is 1. The van der Waals surface area contributed by atoms with Gasteiger partial charge in [0.25, 0.3) is 0 Å². The second kappa shape index (κ2) is 8.75. The Morgan fingerprint density at radius 1 is 1.29 bits per heavy atom. The van der Waals surface area contributed by atoms with Crippen LogP contribution in [0.2, 0.25) is 0 Å². The summed E-state index contributed by atoms with van der Waals surface area (Å²) in [5, 5.41) is 3.09. The number of ether oxygens (including phenoxy) is 2. The molecule has 0 bridgehead atoms. The van der Waals surface area contributed by atoms with Crippen molar-refractivity contribution in [3.8, 4) is 5.88 Å². The van der Waals surface area contributed by atoms with E-state index < -0.39 is 0 Å². The van der Waals surface area contributed by atoms with E-state index in [1.807, 2.05) is 6.92 Å². The third-order valence-electron chi connectivity index (χ3n) is 2.09. The van der Waals surface area contributed by atoms with E-state index in [-0.39, 0.29) is 0 Å². The third-order valence-corrected chi connectivity index (χ3v) is 2.09. The van der Waals surface area contributed by atoms with Gasteiger partial charge in [0.15, 0.2) is 0 Å². The van der Waals surface area contributed by atoms with Crippen LogP contribution in [0.25, 0.3) is 0 Å². The molecule has 96 valence electrons. The molecular weight excluding hydrogens is 218 g/mol. The maximum Gasteiger partial charge on any atom is 0.226 e. The zero-order valence-corrected chi connectivity index (χ0v) is 10.6. The highest BCUT2D eigenvalue weighted by molar-refractivity contribution is 5.27. The largest absolute Gasteiger partial charge is 0.478 e. The Morgan fingerprint density at radius 3 is 2.94 bits per heavy atom. The lowest BCUT2D eigenvalue weighted by atomic mass is 10.4. The molecule has 0 spiro atoms. The van der Waals surface area contributed by atoms with E-state index in [1.165, 1.54) is 0 Å². The first-order valence-electron chi connectivity index (χ1n) is 6.14. The van der Waals surface area contributed by atoms with Gasteiger partial charge in [0.2, 0.25) is 11.8 Å². The van der Waals surface area contributed by atoms with Crippen molar-refractivity contribution in [1.82, 2.24) is 9.97 Å². The van der Waals surface area contributed by atoms with Crippen molar-refractivity contribution in [2.75, 3.05) is 31.7 Å². The summed E-state index contributed by atoms with van der Waals surface area (Å²) < 4.78 is 10.7. The van der Waals surface area contributed by atoms with E-state index in [4.69, 9.17) is 9.47 Å². The van der Waals surface area contributed by atoms with Crippen molar-refractivity contribution in [2.24, 2.45) is 0 Å². The molecule has 0 radical (unpaired) electrons. The Kier molecular flexibility index (Phi) is 7.06. The highest BCUT2D eigenvalue weighted by Gasteiger charge is 1.98. The van der Waals surface area contributed by atoms with Crippen molar-refractivity contribution >= 4 is 5.95 Å². The molecule has 1 aromatic heterocycles. The molecule has 5 heteroatoms. The van der Waals surface area contributed by atoms with Crippen LogP contribution in [0.3, 0.4) is 0 Å². The number of nitrogens with zero attached hydrogens (tertiary/aromatic N) is 2. The monoisotopic (exact) mass is 239 g/mol. The van der Waals surface area contributed by atoms with Gasteiger partial charge in [-0.05, 0) is 13.3 Å². The van der Waals surface area contributed by atoms with Crippen LogP contribution >= 0.6 is 0 Å². The number of rotatable bonds is 9. The third kappa shape index (κ3) is 6.06. The molecule has 17 heavy (non-hydrogen) atoms. The molecule has 0 fully saturated rings. The Hall–Kier alpha value is -1.36. The maximum atomic E-state index is 5.42. The lowest BCUT2D eigenvalue weighted by molar-refractivity contribution is 0.141. The number of aromatic nitrogens is 2. The Labute approximate surface area is 103 Å². The summed E-state index contributed by atoms with van der Waals surface area (Å²) in [4.78, 5) is 8.29. The second-order valence-corrected chi connectivity index (χ2v) is 3.54. The smallest absolute Gasteiger partial charge is 0.226 e. The van der Waals surface area contributed by atoms with Gasteiger partial charge < -0.3 is 14.8 Å². The van der Waals surface area contributed by atoms with Gasteiger partial charge in [-0.2, -0.15) is 4.98 Å². The molecule has 1 rings (SSSR count). The van der Waals surface area contributed by atoms with Crippen molar-refractivity contribution in [2.45, 2.75) is 26.7 Å². The molecule has 5 nitrogen and oxygen atoms in total. The zero-order chi connectivity index (χ0) is 12.3. The second-order valence-electron chi connectivity index (χ2n) is 3.54. The average Bonchev–Trinajstić information content (AvgIpc) is 2.35. The van der Waals surface area contributed by atoms with Crippen molar-refractivity contribution in [3.05, 3.63) is 12.3 Å². The topological polar surface area (TPSA) is 56.3 Å². The van der Waals surface area contributed by atoms with Gasteiger partial charge in [0.05, 0.1) is 13.2 Å². The van der Waals surface area contributed by atoms with Crippen LogP contribution in [0.15, 0.2) is 12.3 Å². The van der Waals surface area contributed by atoms with Crippen LogP contribution in [0.1, 0.15) is 26.7 Å². The van der Waals surface area contributed by atoms with Crippen LogP contribution < -0.4 is 10.1 Å². The lowest BCUT2D eigenvalue weighted by Crippen LogP contribution is -2.12. The Balaban J connectivity index is 2.19. The molecule has 1 heterocycles. The first kappa shape index (κ1) is 13.7. The van der Waals surface area contributed by atoms with Gasteiger partial charge in [-0.1, -0.05) is 13.3 Å². The molecule has 1 aromatic rings.